The largest absolute Gasteiger partial charge is 0.493 e. The molecule has 3 N–H and O–H groups in total. The monoisotopic (exact) mass is 324 g/mol. The maximum absolute atomic E-state index is 6.33. The second kappa shape index (κ2) is 7.14. The zero-order chi connectivity index (χ0) is 16.9. The summed E-state index contributed by atoms with van der Waals surface area (Å²) in [5, 5.41) is 7.18. The van der Waals surface area contributed by atoms with E-state index in [-0.39, 0.29) is 0 Å². The molecule has 1 aromatic heterocycles. The second-order valence-corrected chi connectivity index (χ2v) is 5.23. The first kappa shape index (κ1) is 16.0. The van der Waals surface area contributed by atoms with Crippen LogP contribution < -0.4 is 15.2 Å². The summed E-state index contributed by atoms with van der Waals surface area (Å²) in [6, 6.07) is 14.9. The molecule has 3 rings (SSSR count). The van der Waals surface area contributed by atoms with Crippen LogP contribution >= 0.6 is 0 Å². The molecular weight excluding hydrogens is 304 g/mol. The molecule has 6 nitrogen and oxygen atoms in total. The quantitative estimate of drug-likeness (QED) is 0.728. The normalized spacial score (nSPS) is 12.0. The number of methoxy groups -OCH3 is 1. The number of hydrogen-bond acceptors (Lipinski definition) is 5. The molecule has 0 aliphatic rings. The first-order chi connectivity index (χ1) is 11.7. The van der Waals surface area contributed by atoms with E-state index in [1.54, 1.807) is 7.11 Å². The van der Waals surface area contributed by atoms with Crippen LogP contribution in [0.3, 0.4) is 0 Å². The summed E-state index contributed by atoms with van der Waals surface area (Å²) in [6.45, 7) is 2.48. The summed E-state index contributed by atoms with van der Waals surface area (Å²) >= 11 is 0. The third kappa shape index (κ3) is 3.23. The third-order valence-electron chi connectivity index (χ3n) is 3.68. The van der Waals surface area contributed by atoms with Gasteiger partial charge in [-0.05, 0) is 24.6 Å². The molecule has 1 heterocycles. The molecule has 6 heteroatoms. The van der Waals surface area contributed by atoms with Crippen LogP contribution in [0.25, 0.3) is 11.4 Å². The van der Waals surface area contributed by atoms with E-state index in [9.17, 15) is 0 Å². The van der Waals surface area contributed by atoms with Crippen LogP contribution in [-0.4, -0.2) is 28.9 Å². The number of aromatic amines is 1. The van der Waals surface area contributed by atoms with Gasteiger partial charge in [0.15, 0.2) is 17.3 Å². The second-order valence-electron chi connectivity index (χ2n) is 5.23. The summed E-state index contributed by atoms with van der Waals surface area (Å²) in [6.07, 6.45) is 0. The van der Waals surface area contributed by atoms with Gasteiger partial charge < -0.3 is 15.2 Å². The van der Waals surface area contributed by atoms with Gasteiger partial charge in [-0.15, -0.1) is 0 Å². The molecule has 3 aromatic rings. The van der Waals surface area contributed by atoms with Crippen LogP contribution in [0.4, 0.5) is 0 Å². The summed E-state index contributed by atoms with van der Waals surface area (Å²) < 4.78 is 10.9. The van der Waals surface area contributed by atoms with Crippen LogP contribution in [0.15, 0.2) is 48.5 Å². The molecule has 2 aromatic carbocycles. The fourth-order valence-electron chi connectivity index (χ4n) is 2.44. The minimum atomic E-state index is -0.430. The van der Waals surface area contributed by atoms with Crippen LogP contribution in [0.2, 0.25) is 0 Å². The smallest absolute Gasteiger partial charge is 0.181 e. The molecule has 0 fully saturated rings. The van der Waals surface area contributed by atoms with Gasteiger partial charge in [0.25, 0.3) is 0 Å². The average molecular weight is 324 g/mol. The number of benzene rings is 2. The van der Waals surface area contributed by atoms with Crippen molar-refractivity contribution in [3.8, 4) is 22.9 Å². The van der Waals surface area contributed by atoms with Crippen LogP contribution in [0.5, 0.6) is 11.5 Å². The minimum Gasteiger partial charge on any atom is -0.493 e. The minimum absolute atomic E-state index is 0.430. The SMILES string of the molecule is CCOc1cc([C@@H](N)c2nc(-c3ccccc3)n[nH]2)ccc1OC. The van der Waals surface area contributed by atoms with Gasteiger partial charge in [0, 0.05) is 5.56 Å². The molecule has 0 bridgehead atoms. The molecule has 0 unspecified atom stereocenters. The van der Waals surface area contributed by atoms with Crippen LogP contribution in [-0.2, 0) is 0 Å². The lowest BCUT2D eigenvalue weighted by Gasteiger charge is -2.14. The number of nitrogens with zero attached hydrogens (tertiary/aromatic N) is 2. The molecule has 124 valence electrons. The van der Waals surface area contributed by atoms with Gasteiger partial charge in [-0.3, -0.25) is 5.10 Å². The Labute approximate surface area is 140 Å². The number of hydrogen-bond donors (Lipinski definition) is 2. The molecule has 24 heavy (non-hydrogen) atoms. The van der Waals surface area contributed by atoms with Gasteiger partial charge in [0.2, 0.25) is 0 Å². The van der Waals surface area contributed by atoms with Crippen molar-refractivity contribution in [3.63, 3.8) is 0 Å². The Balaban J connectivity index is 1.88. The van der Waals surface area contributed by atoms with Gasteiger partial charge in [-0.25, -0.2) is 4.98 Å². The van der Waals surface area contributed by atoms with Crippen LogP contribution in [0, 0.1) is 0 Å². The van der Waals surface area contributed by atoms with Crippen molar-refractivity contribution >= 4 is 0 Å². The molecule has 0 aliphatic carbocycles. The molecular formula is C18H20N4O2. The number of nitrogens with two attached hydrogens (primary N) is 1. The molecule has 0 saturated carbocycles. The Hall–Kier alpha value is -2.86. The van der Waals surface area contributed by atoms with Gasteiger partial charge in [0.05, 0.1) is 19.8 Å². The highest BCUT2D eigenvalue weighted by Crippen LogP contribution is 2.31. The van der Waals surface area contributed by atoms with E-state index in [4.69, 9.17) is 15.2 Å². The highest BCUT2D eigenvalue weighted by atomic mass is 16.5. The van der Waals surface area contributed by atoms with E-state index < -0.39 is 6.04 Å². The molecule has 1 atom stereocenters. The van der Waals surface area contributed by atoms with E-state index in [1.807, 2.05) is 55.5 Å². The highest BCUT2D eigenvalue weighted by Gasteiger charge is 2.17. The number of ether oxygens (including phenoxy) is 2. The lowest BCUT2D eigenvalue weighted by molar-refractivity contribution is 0.310. The Kier molecular flexibility index (Phi) is 4.77. The number of H-pyrrole nitrogens is 1. The molecule has 0 amide bonds. The van der Waals surface area contributed by atoms with Crippen LogP contribution in [0.1, 0.15) is 24.4 Å². The number of rotatable bonds is 6. The summed E-state index contributed by atoms with van der Waals surface area (Å²) in [5.74, 6) is 2.56. The topological polar surface area (TPSA) is 86.0 Å². The van der Waals surface area contributed by atoms with E-state index in [0.717, 1.165) is 11.1 Å². The van der Waals surface area contributed by atoms with Crippen molar-refractivity contribution in [1.82, 2.24) is 15.2 Å². The highest BCUT2D eigenvalue weighted by molar-refractivity contribution is 5.54. The predicted molar refractivity (Wildman–Crippen MR) is 92.0 cm³/mol. The first-order valence-electron chi connectivity index (χ1n) is 7.77. The summed E-state index contributed by atoms with van der Waals surface area (Å²) in [7, 11) is 1.61. The van der Waals surface area contributed by atoms with E-state index >= 15 is 0 Å². The van der Waals surface area contributed by atoms with E-state index in [0.29, 0.717) is 29.8 Å². The average Bonchev–Trinajstić information content (AvgIpc) is 3.12. The predicted octanol–water partition coefficient (Wildman–Crippen LogP) is 2.93. The van der Waals surface area contributed by atoms with E-state index in [1.165, 1.54) is 0 Å². The van der Waals surface area contributed by atoms with Crippen molar-refractivity contribution in [2.24, 2.45) is 5.73 Å². The van der Waals surface area contributed by atoms with Gasteiger partial charge in [-0.1, -0.05) is 36.4 Å². The fourth-order valence-corrected chi connectivity index (χ4v) is 2.44. The fraction of sp³-hybridized carbons (Fsp3) is 0.222. The third-order valence-corrected chi connectivity index (χ3v) is 3.68. The van der Waals surface area contributed by atoms with Gasteiger partial charge in [-0.2, -0.15) is 5.10 Å². The Morgan fingerprint density at radius 3 is 2.62 bits per heavy atom. The Bertz CT molecular complexity index is 802. The molecule has 0 aliphatic heterocycles. The van der Waals surface area contributed by atoms with E-state index in [2.05, 4.69) is 15.2 Å². The zero-order valence-electron chi connectivity index (χ0n) is 13.7. The van der Waals surface area contributed by atoms with Gasteiger partial charge in [0.1, 0.15) is 5.82 Å². The Morgan fingerprint density at radius 1 is 1.12 bits per heavy atom. The van der Waals surface area contributed by atoms with Crippen molar-refractivity contribution in [1.29, 1.82) is 0 Å². The van der Waals surface area contributed by atoms with Crippen molar-refractivity contribution in [2.45, 2.75) is 13.0 Å². The maximum Gasteiger partial charge on any atom is 0.181 e. The molecule has 0 saturated heterocycles. The number of nitrogens with one attached hydrogen (secondary N) is 1. The Morgan fingerprint density at radius 2 is 1.92 bits per heavy atom. The summed E-state index contributed by atoms with van der Waals surface area (Å²) in [5.41, 5.74) is 8.15. The molecule has 0 spiro atoms. The lowest BCUT2D eigenvalue weighted by Crippen LogP contribution is -2.14. The van der Waals surface area contributed by atoms with Crippen molar-refractivity contribution in [3.05, 3.63) is 59.9 Å². The maximum atomic E-state index is 6.33. The summed E-state index contributed by atoms with van der Waals surface area (Å²) in [4.78, 5) is 4.51. The standard InChI is InChI=1S/C18H20N4O2/c1-3-24-15-11-13(9-10-14(15)23-2)16(19)18-20-17(21-22-18)12-7-5-4-6-8-12/h4-11,16H,3,19H2,1-2H3,(H,20,21,22)/t16-/m1/s1. The molecule has 0 radical (unpaired) electrons. The van der Waals surface area contributed by atoms with Crippen molar-refractivity contribution < 1.29 is 9.47 Å². The van der Waals surface area contributed by atoms with Crippen molar-refractivity contribution in [2.75, 3.05) is 13.7 Å². The number of aromatic nitrogens is 3. The van der Waals surface area contributed by atoms with Gasteiger partial charge >= 0.3 is 0 Å². The first-order valence-corrected chi connectivity index (χ1v) is 7.77. The zero-order valence-corrected chi connectivity index (χ0v) is 13.7. The lowest BCUT2D eigenvalue weighted by atomic mass is 10.1.